The van der Waals surface area contributed by atoms with Crippen LogP contribution in [0.1, 0.15) is 16.2 Å². The molecular formula is C16H12ClN5O. The number of carbonyl (C=O) groups is 1. The lowest BCUT2D eigenvalue weighted by molar-refractivity contribution is 0.0950. The van der Waals surface area contributed by atoms with Gasteiger partial charge in [-0.2, -0.15) is 10.2 Å². The SMILES string of the molecule is O=C(N/N=C\c1ccccn1)c1cc(-c2ccc(Cl)cc2)n[nH]1. The molecule has 3 rings (SSSR count). The fourth-order valence-corrected chi connectivity index (χ4v) is 2.00. The highest BCUT2D eigenvalue weighted by molar-refractivity contribution is 6.30. The summed E-state index contributed by atoms with van der Waals surface area (Å²) < 4.78 is 0. The molecule has 2 aromatic heterocycles. The average Bonchev–Trinajstić information content (AvgIpc) is 3.06. The minimum Gasteiger partial charge on any atom is -0.272 e. The van der Waals surface area contributed by atoms with Gasteiger partial charge in [0.25, 0.3) is 5.91 Å². The summed E-state index contributed by atoms with van der Waals surface area (Å²) in [6.45, 7) is 0. The van der Waals surface area contributed by atoms with Crippen LogP contribution in [-0.4, -0.2) is 27.3 Å². The number of hydrazone groups is 1. The number of hydrogen-bond donors (Lipinski definition) is 2. The van der Waals surface area contributed by atoms with Gasteiger partial charge in [-0.15, -0.1) is 0 Å². The second-order valence-electron chi connectivity index (χ2n) is 4.63. The van der Waals surface area contributed by atoms with Crippen LogP contribution in [0.4, 0.5) is 0 Å². The zero-order valence-electron chi connectivity index (χ0n) is 11.9. The first-order valence-electron chi connectivity index (χ1n) is 6.78. The van der Waals surface area contributed by atoms with E-state index in [1.807, 2.05) is 18.2 Å². The highest BCUT2D eigenvalue weighted by Gasteiger charge is 2.10. The van der Waals surface area contributed by atoms with Gasteiger partial charge in [-0.05, 0) is 30.3 Å². The van der Waals surface area contributed by atoms with E-state index in [-0.39, 0.29) is 5.91 Å². The Bertz CT molecular complexity index is 827. The Balaban J connectivity index is 1.67. The number of carbonyl (C=O) groups excluding carboxylic acids is 1. The van der Waals surface area contributed by atoms with Crippen molar-refractivity contribution >= 4 is 23.7 Å². The van der Waals surface area contributed by atoms with Gasteiger partial charge in [-0.3, -0.25) is 14.9 Å². The summed E-state index contributed by atoms with van der Waals surface area (Å²) in [5, 5.41) is 11.3. The van der Waals surface area contributed by atoms with Crippen LogP contribution < -0.4 is 5.43 Å². The Labute approximate surface area is 137 Å². The van der Waals surface area contributed by atoms with E-state index < -0.39 is 0 Å². The largest absolute Gasteiger partial charge is 0.289 e. The van der Waals surface area contributed by atoms with Crippen molar-refractivity contribution in [3.05, 3.63) is 71.1 Å². The van der Waals surface area contributed by atoms with E-state index in [9.17, 15) is 4.79 Å². The zero-order valence-corrected chi connectivity index (χ0v) is 12.7. The molecule has 2 N–H and O–H groups in total. The highest BCUT2D eigenvalue weighted by Crippen LogP contribution is 2.20. The molecule has 0 unspecified atom stereocenters. The Hall–Kier alpha value is -2.99. The monoisotopic (exact) mass is 325 g/mol. The molecule has 0 aliphatic rings. The molecule has 1 aromatic carbocycles. The minimum absolute atomic E-state index is 0.313. The van der Waals surface area contributed by atoms with Gasteiger partial charge in [0.05, 0.1) is 17.6 Å². The van der Waals surface area contributed by atoms with Crippen molar-refractivity contribution in [2.24, 2.45) is 5.10 Å². The van der Waals surface area contributed by atoms with Crippen molar-refractivity contribution in [1.82, 2.24) is 20.6 Å². The summed E-state index contributed by atoms with van der Waals surface area (Å²) in [7, 11) is 0. The molecule has 0 radical (unpaired) electrons. The van der Waals surface area contributed by atoms with Crippen molar-refractivity contribution in [2.45, 2.75) is 0 Å². The van der Waals surface area contributed by atoms with Gasteiger partial charge in [0, 0.05) is 16.8 Å². The predicted octanol–water partition coefficient (Wildman–Crippen LogP) is 2.89. The maximum atomic E-state index is 12.0. The summed E-state index contributed by atoms with van der Waals surface area (Å²) in [5.41, 5.74) is 4.90. The summed E-state index contributed by atoms with van der Waals surface area (Å²) in [4.78, 5) is 16.1. The first kappa shape index (κ1) is 14.9. The first-order chi connectivity index (χ1) is 11.2. The van der Waals surface area contributed by atoms with E-state index in [0.717, 1.165) is 5.56 Å². The van der Waals surface area contributed by atoms with Crippen LogP contribution in [0.3, 0.4) is 0 Å². The summed E-state index contributed by atoms with van der Waals surface area (Å²) in [6, 6.07) is 14.3. The van der Waals surface area contributed by atoms with E-state index >= 15 is 0 Å². The number of pyridine rings is 1. The zero-order chi connectivity index (χ0) is 16.1. The van der Waals surface area contributed by atoms with Gasteiger partial charge < -0.3 is 0 Å². The summed E-state index contributed by atoms with van der Waals surface area (Å²) >= 11 is 5.85. The molecule has 0 saturated carbocycles. The fraction of sp³-hybridized carbons (Fsp3) is 0. The highest BCUT2D eigenvalue weighted by atomic mass is 35.5. The molecule has 0 saturated heterocycles. The van der Waals surface area contributed by atoms with Crippen LogP contribution in [0.25, 0.3) is 11.3 Å². The first-order valence-corrected chi connectivity index (χ1v) is 7.16. The van der Waals surface area contributed by atoms with Crippen LogP contribution in [-0.2, 0) is 0 Å². The number of amides is 1. The molecule has 0 bridgehead atoms. The normalized spacial score (nSPS) is 10.8. The molecular weight excluding hydrogens is 314 g/mol. The van der Waals surface area contributed by atoms with Crippen molar-refractivity contribution in [3.63, 3.8) is 0 Å². The van der Waals surface area contributed by atoms with Crippen molar-refractivity contribution in [1.29, 1.82) is 0 Å². The molecule has 0 aliphatic heterocycles. The molecule has 23 heavy (non-hydrogen) atoms. The van der Waals surface area contributed by atoms with Crippen LogP contribution in [0.2, 0.25) is 5.02 Å². The Morgan fingerprint density at radius 2 is 2.04 bits per heavy atom. The minimum atomic E-state index is -0.384. The van der Waals surface area contributed by atoms with Crippen molar-refractivity contribution < 1.29 is 4.79 Å². The second kappa shape index (κ2) is 6.85. The number of aromatic amines is 1. The Kier molecular flexibility index (Phi) is 4.44. The third kappa shape index (κ3) is 3.81. The third-order valence-corrected chi connectivity index (χ3v) is 3.27. The predicted molar refractivity (Wildman–Crippen MR) is 88.3 cm³/mol. The van der Waals surface area contributed by atoms with Crippen molar-refractivity contribution in [3.8, 4) is 11.3 Å². The van der Waals surface area contributed by atoms with Gasteiger partial charge in [0.15, 0.2) is 0 Å². The van der Waals surface area contributed by atoms with E-state index in [4.69, 9.17) is 11.6 Å². The maximum Gasteiger partial charge on any atom is 0.289 e. The lowest BCUT2D eigenvalue weighted by Crippen LogP contribution is -2.18. The second-order valence-corrected chi connectivity index (χ2v) is 5.06. The Morgan fingerprint density at radius 3 is 2.78 bits per heavy atom. The number of nitrogens with zero attached hydrogens (tertiary/aromatic N) is 3. The van der Waals surface area contributed by atoms with Crippen LogP contribution in [0, 0.1) is 0 Å². The molecule has 0 aliphatic carbocycles. The molecule has 0 atom stereocenters. The van der Waals surface area contributed by atoms with Gasteiger partial charge in [0.1, 0.15) is 5.69 Å². The van der Waals surface area contributed by atoms with Crippen LogP contribution in [0.15, 0.2) is 59.8 Å². The quantitative estimate of drug-likeness (QED) is 0.571. The maximum absolute atomic E-state index is 12.0. The topological polar surface area (TPSA) is 83.0 Å². The van der Waals surface area contributed by atoms with Crippen LogP contribution in [0.5, 0.6) is 0 Å². The lowest BCUT2D eigenvalue weighted by atomic mass is 10.1. The smallest absolute Gasteiger partial charge is 0.272 e. The number of benzene rings is 1. The van der Waals surface area contributed by atoms with E-state index in [1.165, 1.54) is 6.21 Å². The number of hydrogen-bond acceptors (Lipinski definition) is 4. The van der Waals surface area contributed by atoms with Crippen molar-refractivity contribution in [2.75, 3.05) is 0 Å². The van der Waals surface area contributed by atoms with Gasteiger partial charge >= 0.3 is 0 Å². The fourth-order valence-electron chi connectivity index (χ4n) is 1.88. The van der Waals surface area contributed by atoms with E-state index in [0.29, 0.717) is 22.1 Å². The van der Waals surface area contributed by atoms with Gasteiger partial charge in [-0.1, -0.05) is 29.8 Å². The summed E-state index contributed by atoms with van der Waals surface area (Å²) in [6.07, 6.45) is 3.12. The van der Waals surface area contributed by atoms with E-state index in [2.05, 4.69) is 25.7 Å². The van der Waals surface area contributed by atoms with Gasteiger partial charge in [-0.25, -0.2) is 5.43 Å². The Morgan fingerprint density at radius 1 is 1.22 bits per heavy atom. The number of nitrogens with one attached hydrogen (secondary N) is 2. The number of aromatic nitrogens is 3. The molecule has 6 nitrogen and oxygen atoms in total. The van der Waals surface area contributed by atoms with Crippen LogP contribution >= 0.6 is 11.6 Å². The number of rotatable bonds is 4. The van der Waals surface area contributed by atoms with Gasteiger partial charge in [0.2, 0.25) is 0 Å². The number of H-pyrrole nitrogens is 1. The lowest BCUT2D eigenvalue weighted by Gasteiger charge is -1.96. The molecule has 0 fully saturated rings. The molecule has 7 heteroatoms. The molecule has 2 heterocycles. The third-order valence-electron chi connectivity index (χ3n) is 3.01. The molecule has 3 aromatic rings. The molecule has 1 amide bonds. The standard InChI is InChI=1S/C16H12ClN5O/c17-12-6-4-11(5-7-12)14-9-15(21-20-14)16(23)22-19-10-13-3-1-2-8-18-13/h1-10H,(H,20,21)(H,22,23)/b19-10-. The van der Waals surface area contributed by atoms with E-state index in [1.54, 1.807) is 36.5 Å². The average molecular weight is 326 g/mol. The molecule has 0 spiro atoms. The summed E-state index contributed by atoms with van der Waals surface area (Å²) in [5.74, 6) is -0.384. The molecule has 114 valence electrons. The number of halogens is 1.